The summed E-state index contributed by atoms with van der Waals surface area (Å²) in [6.45, 7) is 8.44. The molecular formula is C24H34N8O. The van der Waals surface area contributed by atoms with Crippen LogP contribution in [0.2, 0.25) is 0 Å². The van der Waals surface area contributed by atoms with Gasteiger partial charge in [-0.15, -0.1) is 5.10 Å². The van der Waals surface area contributed by atoms with Crippen molar-refractivity contribution in [3.8, 4) is 11.3 Å². The van der Waals surface area contributed by atoms with E-state index in [1.54, 1.807) is 10.7 Å². The molecular weight excluding hydrogens is 416 g/mol. The quantitative estimate of drug-likeness (QED) is 0.469. The average molecular weight is 451 g/mol. The Labute approximate surface area is 194 Å². The second kappa shape index (κ2) is 8.97. The van der Waals surface area contributed by atoms with E-state index in [4.69, 9.17) is 21.2 Å². The second-order valence-electron chi connectivity index (χ2n) is 9.25. The van der Waals surface area contributed by atoms with E-state index >= 15 is 0 Å². The molecule has 0 saturated heterocycles. The van der Waals surface area contributed by atoms with Crippen LogP contribution in [0.5, 0.6) is 0 Å². The summed E-state index contributed by atoms with van der Waals surface area (Å²) in [5.74, 6) is 1.42. The molecule has 0 atom stereocenters. The van der Waals surface area contributed by atoms with Crippen molar-refractivity contribution in [1.29, 1.82) is 0 Å². The van der Waals surface area contributed by atoms with Crippen molar-refractivity contribution in [3.63, 3.8) is 0 Å². The molecule has 4 heterocycles. The highest BCUT2D eigenvalue weighted by Gasteiger charge is 2.25. The topological polar surface area (TPSA) is 122 Å². The van der Waals surface area contributed by atoms with E-state index in [0.29, 0.717) is 11.3 Å². The van der Waals surface area contributed by atoms with Gasteiger partial charge in [0.15, 0.2) is 11.5 Å². The van der Waals surface area contributed by atoms with Crippen LogP contribution in [0.4, 0.5) is 11.8 Å². The number of nitrogens with zero attached hydrogens (tertiary/aromatic N) is 6. The first-order valence-corrected chi connectivity index (χ1v) is 11.5. The highest BCUT2D eigenvalue weighted by molar-refractivity contribution is 5.88. The lowest BCUT2D eigenvalue weighted by Gasteiger charge is -2.31. The van der Waals surface area contributed by atoms with Crippen molar-refractivity contribution in [3.05, 3.63) is 30.2 Å². The molecule has 0 radical (unpaired) electrons. The maximum absolute atomic E-state index is 6.04. The van der Waals surface area contributed by atoms with Gasteiger partial charge in [-0.2, -0.15) is 4.98 Å². The highest BCUT2D eigenvalue weighted by atomic mass is 16.5. The standard InChI is InChI=1S/C16H18N8.C8H16O/c1-8(2)24-9(3)19-12-5-4-11(20-15(12)24)10-6-7-23-13(10)14(17)21-16(18)22-23;1-8(9-2)6-4-3-5-7-8/h4-8H,1-3H3,(H4,17,18,21,22);3-7H2,1-2H3. The molecule has 176 valence electrons. The first-order chi connectivity index (χ1) is 15.7. The number of aryl methyl sites for hydroxylation is 1. The lowest BCUT2D eigenvalue weighted by Crippen LogP contribution is -2.29. The number of rotatable bonds is 3. The van der Waals surface area contributed by atoms with E-state index in [1.807, 2.05) is 32.2 Å². The van der Waals surface area contributed by atoms with E-state index in [1.165, 1.54) is 32.1 Å². The van der Waals surface area contributed by atoms with Gasteiger partial charge in [0.25, 0.3) is 0 Å². The summed E-state index contributed by atoms with van der Waals surface area (Å²) in [5.41, 5.74) is 16.0. The monoisotopic (exact) mass is 450 g/mol. The van der Waals surface area contributed by atoms with Gasteiger partial charge in [0, 0.05) is 24.9 Å². The fraction of sp³-hybridized carbons (Fsp3) is 0.500. The van der Waals surface area contributed by atoms with Gasteiger partial charge in [0.1, 0.15) is 16.9 Å². The molecule has 1 saturated carbocycles. The van der Waals surface area contributed by atoms with Gasteiger partial charge >= 0.3 is 0 Å². The molecule has 9 nitrogen and oxygen atoms in total. The fourth-order valence-corrected chi connectivity index (χ4v) is 4.64. The molecule has 1 aliphatic rings. The first-order valence-electron chi connectivity index (χ1n) is 11.5. The van der Waals surface area contributed by atoms with E-state index in [2.05, 4.69) is 40.4 Å². The Kier molecular flexibility index (Phi) is 6.25. The molecule has 0 amide bonds. The van der Waals surface area contributed by atoms with Gasteiger partial charge in [-0.25, -0.2) is 14.5 Å². The largest absolute Gasteiger partial charge is 0.382 e. The first kappa shape index (κ1) is 23.0. The molecule has 9 heteroatoms. The van der Waals surface area contributed by atoms with E-state index in [9.17, 15) is 0 Å². The molecule has 1 aliphatic carbocycles. The zero-order chi connectivity index (χ0) is 23.8. The van der Waals surface area contributed by atoms with Crippen LogP contribution in [0.25, 0.3) is 27.9 Å². The van der Waals surface area contributed by atoms with Crippen molar-refractivity contribution in [2.24, 2.45) is 0 Å². The van der Waals surface area contributed by atoms with Gasteiger partial charge < -0.3 is 20.8 Å². The number of hydrogen-bond acceptors (Lipinski definition) is 7. The molecule has 1 fully saturated rings. The average Bonchev–Trinajstić information content (AvgIpc) is 3.34. The summed E-state index contributed by atoms with van der Waals surface area (Å²) in [5, 5.41) is 4.15. The number of ether oxygens (including phenoxy) is 1. The number of methoxy groups -OCH3 is 1. The van der Waals surface area contributed by atoms with Crippen molar-refractivity contribution < 1.29 is 4.74 Å². The molecule has 4 N–H and O–H groups in total. The third kappa shape index (κ3) is 4.50. The molecule has 0 spiro atoms. The van der Waals surface area contributed by atoms with Crippen molar-refractivity contribution in [2.45, 2.75) is 71.4 Å². The minimum absolute atomic E-state index is 0.138. The summed E-state index contributed by atoms with van der Waals surface area (Å²) in [6, 6.07) is 6.10. The number of anilines is 2. The lowest BCUT2D eigenvalue weighted by molar-refractivity contribution is -0.0231. The van der Waals surface area contributed by atoms with E-state index in [0.717, 1.165) is 28.2 Å². The number of hydrogen-bond donors (Lipinski definition) is 2. The van der Waals surface area contributed by atoms with Crippen molar-refractivity contribution in [2.75, 3.05) is 18.6 Å². The van der Waals surface area contributed by atoms with Crippen molar-refractivity contribution >= 4 is 28.4 Å². The van der Waals surface area contributed by atoms with Gasteiger partial charge in [-0.05, 0) is 58.7 Å². The van der Waals surface area contributed by atoms with Gasteiger partial charge in [-0.1, -0.05) is 19.3 Å². The Bertz CT molecular complexity index is 1270. The lowest BCUT2D eigenvalue weighted by atomic mass is 9.86. The summed E-state index contributed by atoms with van der Waals surface area (Å²) in [7, 11) is 1.82. The molecule has 4 aromatic rings. The predicted molar refractivity (Wildman–Crippen MR) is 132 cm³/mol. The number of imidazole rings is 1. The fourth-order valence-electron chi connectivity index (χ4n) is 4.64. The number of nitrogens with two attached hydrogens (primary N) is 2. The molecule has 4 aromatic heterocycles. The normalized spacial score (nSPS) is 15.7. The number of nitrogen functional groups attached to an aromatic ring is 2. The molecule has 0 bridgehead atoms. The summed E-state index contributed by atoms with van der Waals surface area (Å²) >= 11 is 0. The number of aromatic nitrogens is 6. The van der Waals surface area contributed by atoms with Crippen molar-refractivity contribution in [1.82, 2.24) is 29.1 Å². The van der Waals surface area contributed by atoms with Crippen LogP contribution in [-0.4, -0.2) is 41.8 Å². The van der Waals surface area contributed by atoms with E-state index < -0.39 is 0 Å². The van der Waals surface area contributed by atoms with Crippen LogP contribution in [0.3, 0.4) is 0 Å². The van der Waals surface area contributed by atoms with Crippen LogP contribution in [0.1, 0.15) is 64.7 Å². The molecule has 33 heavy (non-hydrogen) atoms. The predicted octanol–water partition coefficient (Wildman–Crippen LogP) is 4.55. The minimum Gasteiger partial charge on any atom is -0.382 e. The second-order valence-corrected chi connectivity index (χ2v) is 9.25. The Morgan fingerprint density at radius 2 is 1.76 bits per heavy atom. The maximum atomic E-state index is 6.04. The zero-order valence-electron chi connectivity index (χ0n) is 20.2. The summed E-state index contributed by atoms with van der Waals surface area (Å²) < 4.78 is 9.13. The smallest absolute Gasteiger partial charge is 0.240 e. The Morgan fingerprint density at radius 1 is 1.03 bits per heavy atom. The molecule has 0 aliphatic heterocycles. The Balaban J connectivity index is 0.000000243. The van der Waals surface area contributed by atoms with Crippen LogP contribution < -0.4 is 11.5 Å². The Morgan fingerprint density at radius 3 is 2.39 bits per heavy atom. The number of fused-ring (bicyclic) bond motifs is 2. The maximum Gasteiger partial charge on any atom is 0.240 e. The minimum atomic E-state index is 0.138. The Hall–Kier alpha value is -3.20. The molecule has 0 unspecified atom stereocenters. The van der Waals surface area contributed by atoms with Crippen LogP contribution in [0.15, 0.2) is 24.4 Å². The number of pyridine rings is 1. The summed E-state index contributed by atoms with van der Waals surface area (Å²) in [4.78, 5) is 13.4. The van der Waals surface area contributed by atoms with E-state index in [-0.39, 0.29) is 17.6 Å². The van der Waals surface area contributed by atoms with Crippen LogP contribution in [-0.2, 0) is 4.74 Å². The zero-order valence-corrected chi connectivity index (χ0v) is 20.2. The van der Waals surface area contributed by atoms with Gasteiger partial charge in [-0.3, -0.25) is 0 Å². The van der Waals surface area contributed by atoms with Crippen LogP contribution >= 0.6 is 0 Å². The van der Waals surface area contributed by atoms with Gasteiger partial charge in [0.2, 0.25) is 5.95 Å². The third-order valence-electron chi connectivity index (χ3n) is 6.46. The molecule has 5 rings (SSSR count). The summed E-state index contributed by atoms with van der Waals surface area (Å²) in [6.07, 6.45) is 8.41. The highest BCUT2D eigenvalue weighted by Crippen LogP contribution is 2.30. The third-order valence-corrected chi connectivity index (χ3v) is 6.46. The molecule has 0 aromatic carbocycles. The van der Waals surface area contributed by atoms with Gasteiger partial charge in [0.05, 0.1) is 11.3 Å². The van der Waals surface area contributed by atoms with Crippen LogP contribution in [0, 0.1) is 6.92 Å². The SMILES string of the molecule is COC1(C)CCCCC1.Cc1nc2ccc(-c3ccn4nc(N)nc(N)c34)nc2n1C(C)C.